The van der Waals surface area contributed by atoms with Crippen LogP contribution in [0.15, 0.2) is 0 Å². The Bertz CT molecular complexity index is 215. The average Bonchev–Trinajstić information content (AvgIpc) is 2.18. The Balaban J connectivity index is 2.17. The summed E-state index contributed by atoms with van der Waals surface area (Å²) in [5, 5.41) is 3.09. The molecule has 1 unspecified atom stereocenters. The number of hydrogen-bond acceptors (Lipinski definition) is 2. The molecule has 2 aliphatic rings. The first-order valence-electron chi connectivity index (χ1n) is 5.40. The first-order chi connectivity index (χ1) is 7.05. The zero-order chi connectivity index (χ0) is 10.9. The van der Waals surface area contributed by atoms with Gasteiger partial charge in [0.05, 0.1) is 5.92 Å². The molecule has 2 nitrogen and oxygen atoms in total. The second-order valence-corrected chi connectivity index (χ2v) is 4.53. The van der Waals surface area contributed by atoms with Crippen LogP contribution >= 0.6 is 0 Å². The molecule has 0 aromatic rings. The van der Waals surface area contributed by atoms with E-state index >= 15 is 0 Å². The third-order valence-electron chi connectivity index (χ3n) is 3.71. The van der Waals surface area contributed by atoms with Crippen LogP contribution in [0.3, 0.4) is 0 Å². The second-order valence-electron chi connectivity index (χ2n) is 4.53. The smallest absolute Gasteiger partial charge is 0.381 e. The van der Waals surface area contributed by atoms with Crippen LogP contribution in [0, 0.1) is 11.3 Å². The highest BCUT2D eigenvalue weighted by molar-refractivity contribution is 4.96. The van der Waals surface area contributed by atoms with Gasteiger partial charge in [-0.1, -0.05) is 0 Å². The van der Waals surface area contributed by atoms with Crippen molar-refractivity contribution in [3.05, 3.63) is 0 Å². The van der Waals surface area contributed by atoms with E-state index in [0.717, 1.165) is 0 Å². The highest BCUT2D eigenvalue weighted by Gasteiger charge is 2.54. The molecule has 1 spiro atoms. The maximum absolute atomic E-state index is 12.9. The van der Waals surface area contributed by atoms with E-state index in [1.807, 2.05) is 0 Å². The van der Waals surface area contributed by atoms with E-state index < -0.39 is 17.5 Å². The third-order valence-corrected chi connectivity index (χ3v) is 3.71. The van der Waals surface area contributed by atoms with Crippen molar-refractivity contribution in [1.82, 2.24) is 5.32 Å². The molecular formula is C10H16F3NO. The molecule has 0 amide bonds. The van der Waals surface area contributed by atoms with Crippen molar-refractivity contribution in [2.45, 2.75) is 25.4 Å². The first kappa shape index (κ1) is 11.2. The molecule has 1 N–H and O–H groups in total. The maximum atomic E-state index is 12.9. The summed E-state index contributed by atoms with van der Waals surface area (Å²) in [6.45, 7) is 1.90. The lowest BCUT2D eigenvalue weighted by atomic mass is 9.66. The summed E-state index contributed by atoms with van der Waals surface area (Å²) in [5.41, 5.74) is -0.602. The van der Waals surface area contributed by atoms with Gasteiger partial charge in [-0.05, 0) is 31.2 Å². The predicted molar refractivity (Wildman–Crippen MR) is 49.5 cm³/mol. The summed E-state index contributed by atoms with van der Waals surface area (Å²) >= 11 is 0. The molecular weight excluding hydrogens is 207 g/mol. The van der Waals surface area contributed by atoms with E-state index in [4.69, 9.17) is 4.74 Å². The summed E-state index contributed by atoms with van der Waals surface area (Å²) < 4.78 is 43.9. The molecule has 2 heterocycles. The molecule has 5 heteroatoms. The number of nitrogens with one attached hydrogen (secondary N) is 1. The molecule has 0 saturated carbocycles. The molecule has 2 rings (SSSR count). The van der Waals surface area contributed by atoms with Gasteiger partial charge in [0.1, 0.15) is 0 Å². The van der Waals surface area contributed by atoms with Gasteiger partial charge in [-0.2, -0.15) is 13.2 Å². The summed E-state index contributed by atoms with van der Waals surface area (Å²) in [6, 6.07) is 0. The minimum absolute atomic E-state index is 0.212. The van der Waals surface area contributed by atoms with Crippen LogP contribution in [0.5, 0.6) is 0 Å². The molecule has 0 aromatic heterocycles. The molecule has 15 heavy (non-hydrogen) atoms. The predicted octanol–water partition coefficient (Wildman–Crippen LogP) is 1.95. The lowest BCUT2D eigenvalue weighted by Crippen LogP contribution is -2.54. The Morgan fingerprint density at radius 2 is 1.87 bits per heavy atom. The van der Waals surface area contributed by atoms with Gasteiger partial charge in [0.15, 0.2) is 0 Å². The van der Waals surface area contributed by atoms with Crippen molar-refractivity contribution < 1.29 is 17.9 Å². The van der Waals surface area contributed by atoms with Gasteiger partial charge in [-0.15, -0.1) is 0 Å². The third kappa shape index (κ3) is 2.13. The van der Waals surface area contributed by atoms with Crippen molar-refractivity contribution >= 4 is 0 Å². The van der Waals surface area contributed by atoms with E-state index in [2.05, 4.69) is 5.32 Å². The highest BCUT2D eigenvalue weighted by Crippen LogP contribution is 2.49. The lowest BCUT2D eigenvalue weighted by Gasteiger charge is -2.47. The molecule has 0 radical (unpaired) electrons. The summed E-state index contributed by atoms with van der Waals surface area (Å²) in [5.74, 6) is -1.14. The fourth-order valence-corrected chi connectivity index (χ4v) is 2.83. The van der Waals surface area contributed by atoms with Gasteiger partial charge >= 0.3 is 6.18 Å². The molecule has 1 atom stereocenters. The number of alkyl halides is 3. The van der Waals surface area contributed by atoms with Crippen molar-refractivity contribution in [1.29, 1.82) is 0 Å². The van der Waals surface area contributed by atoms with Gasteiger partial charge in [0.25, 0.3) is 0 Å². The zero-order valence-corrected chi connectivity index (χ0v) is 8.57. The van der Waals surface area contributed by atoms with Gasteiger partial charge < -0.3 is 10.1 Å². The SMILES string of the molecule is FC(F)(F)C1CCNCC12CCOCC2. The fraction of sp³-hybridized carbons (Fsp3) is 1.00. The quantitative estimate of drug-likeness (QED) is 0.677. The first-order valence-corrected chi connectivity index (χ1v) is 5.40. The van der Waals surface area contributed by atoms with Crippen molar-refractivity contribution in [2.75, 3.05) is 26.3 Å². The van der Waals surface area contributed by atoms with Crippen LogP contribution in [0.1, 0.15) is 19.3 Å². The van der Waals surface area contributed by atoms with E-state index in [1.165, 1.54) is 0 Å². The number of hydrogen-bond donors (Lipinski definition) is 1. The molecule has 2 saturated heterocycles. The van der Waals surface area contributed by atoms with Crippen LogP contribution in [-0.2, 0) is 4.74 Å². The molecule has 0 aliphatic carbocycles. The van der Waals surface area contributed by atoms with Gasteiger partial charge in [-0.25, -0.2) is 0 Å². The minimum atomic E-state index is -4.06. The van der Waals surface area contributed by atoms with Crippen LogP contribution in [0.2, 0.25) is 0 Å². The molecule has 0 aromatic carbocycles. The molecule has 88 valence electrons. The molecule has 2 aliphatic heterocycles. The molecule has 2 fully saturated rings. The number of rotatable bonds is 0. The van der Waals surface area contributed by atoms with Gasteiger partial charge in [0, 0.05) is 19.8 Å². The number of piperidine rings is 1. The Labute approximate surface area is 87.2 Å². The van der Waals surface area contributed by atoms with Crippen molar-refractivity contribution in [2.24, 2.45) is 11.3 Å². The van der Waals surface area contributed by atoms with Crippen molar-refractivity contribution in [3.8, 4) is 0 Å². The van der Waals surface area contributed by atoms with Crippen LogP contribution in [0.25, 0.3) is 0 Å². The Morgan fingerprint density at radius 1 is 1.20 bits per heavy atom. The van der Waals surface area contributed by atoms with Gasteiger partial charge in [-0.3, -0.25) is 0 Å². The molecule has 0 bridgehead atoms. The van der Waals surface area contributed by atoms with Crippen LogP contribution in [0.4, 0.5) is 13.2 Å². The van der Waals surface area contributed by atoms with E-state index in [-0.39, 0.29) is 6.42 Å². The average molecular weight is 223 g/mol. The zero-order valence-electron chi connectivity index (χ0n) is 8.57. The number of halogens is 3. The second kappa shape index (κ2) is 3.94. The van der Waals surface area contributed by atoms with E-state index in [1.54, 1.807) is 0 Å². The highest BCUT2D eigenvalue weighted by atomic mass is 19.4. The van der Waals surface area contributed by atoms with Crippen LogP contribution in [-0.4, -0.2) is 32.5 Å². The topological polar surface area (TPSA) is 21.3 Å². The van der Waals surface area contributed by atoms with Crippen molar-refractivity contribution in [3.63, 3.8) is 0 Å². The Hall–Kier alpha value is -0.290. The summed E-state index contributed by atoms with van der Waals surface area (Å²) in [6.07, 6.45) is -2.78. The lowest BCUT2D eigenvalue weighted by molar-refractivity contribution is -0.225. The maximum Gasteiger partial charge on any atom is 0.392 e. The van der Waals surface area contributed by atoms with E-state index in [0.29, 0.717) is 39.1 Å². The van der Waals surface area contributed by atoms with Crippen LogP contribution < -0.4 is 5.32 Å². The normalized spacial score (nSPS) is 31.8. The Kier molecular flexibility index (Phi) is 2.94. The van der Waals surface area contributed by atoms with E-state index in [9.17, 15) is 13.2 Å². The minimum Gasteiger partial charge on any atom is -0.381 e. The Morgan fingerprint density at radius 3 is 2.47 bits per heavy atom. The fourth-order valence-electron chi connectivity index (χ4n) is 2.83. The largest absolute Gasteiger partial charge is 0.392 e. The standard InChI is InChI=1S/C10H16F3NO/c11-10(12,13)8-1-4-14-7-9(8)2-5-15-6-3-9/h8,14H,1-7H2. The summed E-state index contributed by atoms with van der Waals surface area (Å²) in [7, 11) is 0. The number of ether oxygens (including phenoxy) is 1. The summed E-state index contributed by atoms with van der Waals surface area (Å²) in [4.78, 5) is 0. The van der Waals surface area contributed by atoms with Gasteiger partial charge in [0.2, 0.25) is 0 Å². The monoisotopic (exact) mass is 223 g/mol.